The third kappa shape index (κ3) is 3.29. The molecule has 0 aliphatic carbocycles. The van der Waals surface area contributed by atoms with E-state index in [0.29, 0.717) is 5.56 Å². The predicted molar refractivity (Wildman–Crippen MR) is 65.8 cm³/mol. The number of hydroxylamine groups is 1. The van der Waals surface area contributed by atoms with Crippen LogP contribution in [-0.4, -0.2) is 10.9 Å². The first-order chi connectivity index (χ1) is 8.75. The quantitative estimate of drug-likeness (QED) is 0.795. The van der Waals surface area contributed by atoms with E-state index in [-0.39, 0.29) is 12.2 Å². The number of hydrogen-bond donors (Lipinski definition) is 2. The van der Waals surface area contributed by atoms with Crippen molar-refractivity contribution in [2.45, 2.75) is 6.61 Å². The Morgan fingerprint density at radius 3 is 2.61 bits per heavy atom. The number of pyridine rings is 1. The number of amides is 1. The van der Waals surface area contributed by atoms with Gasteiger partial charge in [-0.1, -0.05) is 30.3 Å². The van der Waals surface area contributed by atoms with E-state index in [9.17, 15) is 9.59 Å². The number of H-pyrrole nitrogens is 1. The molecule has 1 aromatic carbocycles. The fraction of sp³-hybridized carbons (Fsp3) is 0.0769. The molecule has 18 heavy (non-hydrogen) atoms. The Labute approximate surface area is 103 Å². The molecular weight excluding hydrogens is 232 g/mol. The summed E-state index contributed by atoms with van der Waals surface area (Å²) >= 11 is 0. The van der Waals surface area contributed by atoms with Gasteiger partial charge in [-0.15, -0.1) is 0 Å². The zero-order chi connectivity index (χ0) is 12.8. The highest BCUT2D eigenvalue weighted by atomic mass is 16.6. The Balaban J connectivity index is 1.85. The molecule has 0 saturated heterocycles. The lowest BCUT2D eigenvalue weighted by atomic mass is 10.2. The van der Waals surface area contributed by atoms with E-state index in [1.165, 1.54) is 18.3 Å². The summed E-state index contributed by atoms with van der Waals surface area (Å²) in [5.41, 5.74) is 3.35. The third-order valence-electron chi connectivity index (χ3n) is 2.29. The van der Waals surface area contributed by atoms with Gasteiger partial charge in [-0.2, -0.15) is 0 Å². The summed E-state index contributed by atoms with van der Waals surface area (Å²) in [6, 6.07) is 12.2. The number of carbonyl (C=O) groups is 1. The molecule has 5 heteroatoms. The second kappa shape index (κ2) is 5.79. The summed E-state index contributed by atoms with van der Waals surface area (Å²) in [7, 11) is 0. The van der Waals surface area contributed by atoms with Crippen LogP contribution in [0.15, 0.2) is 53.5 Å². The van der Waals surface area contributed by atoms with Gasteiger partial charge in [0.15, 0.2) is 0 Å². The molecular formula is C13H12N2O3. The minimum Gasteiger partial charge on any atom is -0.328 e. The largest absolute Gasteiger partial charge is 0.328 e. The van der Waals surface area contributed by atoms with Crippen LogP contribution in [-0.2, 0) is 11.4 Å². The summed E-state index contributed by atoms with van der Waals surface area (Å²) in [5, 5.41) is 0. The van der Waals surface area contributed by atoms with E-state index in [4.69, 9.17) is 4.84 Å². The molecule has 92 valence electrons. The smallest absolute Gasteiger partial charge is 0.276 e. The van der Waals surface area contributed by atoms with E-state index in [2.05, 4.69) is 10.5 Å². The van der Waals surface area contributed by atoms with Crippen molar-refractivity contribution in [3.8, 4) is 0 Å². The van der Waals surface area contributed by atoms with Crippen LogP contribution in [0.3, 0.4) is 0 Å². The van der Waals surface area contributed by atoms with Crippen molar-refractivity contribution in [3.05, 3.63) is 70.1 Å². The molecule has 2 N–H and O–H groups in total. The maximum atomic E-state index is 11.6. The second-order valence-electron chi connectivity index (χ2n) is 3.65. The zero-order valence-electron chi connectivity index (χ0n) is 9.55. The minimum absolute atomic E-state index is 0.253. The normalized spacial score (nSPS) is 10.0. The lowest BCUT2D eigenvalue weighted by Crippen LogP contribution is -2.24. The van der Waals surface area contributed by atoms with E-state index < -0.39 is 5.91 Å². The summed E-state index contributed by atoms with van der Waals surface area (Å²) in [6.45, 7) is 0.288. The van der Waals surface area contributed by atoms with E-state index in [1.807, 2.05) is 30.3 Å². The average molecular weight is 244 g/mol. The fourth-order valence-electron chi connectivity index (χ4n) is 1.37. The van der Waals surface area contributed by atoms with Crippen LogP contribution in [0.2, 0.25) is 0 Å². The summed E-state index contributed by atoms with van der Waals surface area (Å²) in [4.78, 5) is 29.9. The lowest BCUT2D eigenvalue weighted by molar-refractivity contribution is 0.0233. The molecule has 0 radical (unpaired) electrons. The number of benzene rings is 1. The molecule has 0 bridgehead atoms. The SMILES string of the molecule is O=C(NOCc1ccccc1)c1ccc(=O)[nH]c1. The molecule has 5 nitrogen and oxygen atoms in total. The molecule has 0 saturated carbocycles. The van der Waals surface area contributed by atoms with Crippen molar-refractivity contribution < 1.29 is 9.63 Å². The highest BCUT2D eigenvalue weighted by Crippen LogP contribution is 2.00. The Morgan fingerprint density at radius 1 is 1.17 bits per heavy atom. The molecule has 2 rings (SSSR count). The molecule has 2 aromatic rings. The van der Waals surface area contributed by atoms with Gasteiger partial charge >= 0.3 is 0 Å². The number of nitrogens with one attached hydrogen (secondary N) is 2. The van der Waals surface area contributed by atoms with Crippen LogP contribution < -0.4 is 11.0 Å². The standard InChI is InChI=1S/C13H12N2O3/c16-12-7-6-11(8-14-12)13(17)15-18-9-10-4-2-1-3-5-10/h1-8H,9H2,(H,14,16)(H,15,17). The topological polar surface area (TPSA) is 71.2 Å². The van der Waals surface area contributed by atoms with Crippen LogP contribution in [0.1, 0.15) is 15.9 Å². The van der Waals surface area contributed by atoms with Gasteiger partial charge in [0, 0.05) is 12.3 Å². The molecule has 1 amide bonds. The van der Waals surface area contributed by atoms with E-state index >= 15 is 0 Å². The van der Waals surface area contributed by atoms with Crippen LogP contribution in [0, 0.1) is 0 Å². The molecule has 0 fully saturated rings. The van der Waals surface area contributed by atoms with Gasteiger partial charge < -0.3 is 4.98 Å². The average Bonchev–Trinajstić information content (AvgIpc) is 2.40. The maximum Gasteiger partial charge on any atom is 0.276 e. The van der Waals surface area contributed by atoms with Crippen LogP contribution in [0.4, 0.5) is 0 Å². The Kier molecular flexibility index (Phi) is 3.88. The highest BCUT2D eigenvalue weighted by molar-refractivity contribution is 5.92. The van der Waals surface area contributed by atoms with Gasteiger partial charge in [0.2, 0.25) is 5.56 Å². The predicted octanol–water partition coefficient (Wildman–Crippen LogP) is 1.24. The summed E-state index contributed by atoms with van der Waals surface area (Å²) in [6.07, 6.45) is 1.34. The minimum atomic E-state index is -0.401. The molecule has 0 spiro atoms. The molecule has 1 heterocycles. The molecule has 0 atom stereocenters. The number of aromatic nitrogens is 1. The van der Waals surface area contributed by atoms with Crippen molar-refractivity contribution >= 4 is 5.91 Å². The summed E-state index contributed by atoms with van der Waals surface area (Å²) in [5.74, 6) is -0.401. The summed E-state index contributed by atoms with van der Waals surface area (Å²) < 4.78 is 0. The number of hydrogen-bond acceptors (Lipinski definition) is 3. The molecule has 0 aliphatic heterocycles. The van der Waals surface area contributed by atoms with Gasteiger partial charge in [0.25, 0.3) is 5.91 Å². The lowest BCUT2D eigenvalue weighted by Gasteiger charge is -2.05. The number of rotatable bonds is 4. The van der Waals surface area contributed by atoms with Gasteiger partial charge in [-0.25, -0.2) is 5.48 Å². The zero-order valence-corrected chi connectivity index (χ0v) is 9.55. The molecule has 0 aliphatic rings. The van der Waals surface area contributed by atoms with Crippen LogP contribution >= 0.6 is 0 Å². The second-order valence-corrected chi connectivity index (χ2v) is 3.65. The van der Waals surface area contributed by atoms with E-state index in [1.54, 1.807) is 0 Å². The maximum absolute atomic E-state index is 11.6. The molecule has 0 unspecified atom stereocenters. The molecule has 1 aromatic heterocycles. The Bertz CT molecular complexity index is 558. The van der Waals surface area contributed by atoms with Crippen molar-refractivity contribution in [1.82, 2.24) is 10.5 Å². The monoisotopic (exact) mass is 244 g/mol. The van der Waals surface area contributed by atoms with Gasteiger partial charge in [-0.3, -0.25) is 14.4 Å². The van der Waals surface area contributed by atoms with Crippen LogP contribution in [0.5, 0.6) is 0 Å². The fourth-order valence-corrected chi connectivity index (χ4v) is 1.37. The number of carbonyl (C=O) groups excluding carboxylic acids is 1. The van der Waals surface area contributed by atoms with Crippen molar-refractivity contribution in [2.24, 2.45) is 0 Å². The Morgan fingerprint density at radius 2 is 1.94 bits per heavy atom. The third-order valence-corrected chi connectivity index (χ3v) is 2.29. The number of aromatic amines is 1. The van der Waals surface area contributed by atoms with Crippen molar-refractivity contribution in [3.63, 3.8) is 0 Å². The first kappa shape index (κ1) is 12.1. The first-order valence-electron chi connectivity index (χ1n) is 5.40. The highest BCUT2D eigenvalue weighted by Gasteiger charge is 2.04. The van der Waals surface area contributed by atoms with Crippen molar-refractivity contribution in [2.75, 3.05) is 0 Å². The van der Waals surface area contributed by atoms with Crippen molar-refractivity contribution in [1.29, 1.82) is 0 Å². The van der Waals surface area contributed by atoms with Gasteiger partial charge in [0.05, 0.1) is 12.2 Å². The van der Waals surface area contributed by atoms with Crippen LogP contribution in [0.25, 0.3) is 0 Å². The first-order valence-corrected chi connectivity index (χ1v) is 5.40. The van der Waals surface area contributed by atoms with E-state index in [0.717, 1.165) is 5.56 Å². The van der Waals surface area contributed by atoms with Gasteiger partial charge in [0.1, 0.15) is 0 Å². The van der Waals surface area contributed by atoms with Gasteiger partial charge in [-0.05, 0) is 11.6 Å². The Hall–Kier alpha value is -2.40.